The van der Waals surface area contributed by atoms with Crippen molar-refractivity contribution in [3.8, 4) is 0 Å². The van der Waals surface area contributed by atoms with Crippen molar-refractivity contribution in [2.45, 2.75) is 19.4 Å². The van der Waals surface area contributed by atoms with Crippen molar-refractivity contribution in [3.05, 3.63) is 71.8 Å². The first kappa shape index (κ1) is 14.9. The minimum absolute atomic E-state index is 0.385. The second-order valence-electron chi connectivity index (χ2n) is 4.29. The molecule has 19 heavy (non-hydrogen) atoms. The van der Waals surface area contributed by atoms with Gasteiger partial charge in [-0.05, 0) is 18.9 Å². The van der Waals surface area contributed by atoms with E-state index in [1.165, 1.54) is 5.56 Å². The Morgan fingerprint density at radius 3 is 1.89 bits per heavy atom. The molecule has 3 nitrogen and oxygen atoms in total. The molecule has 0 amide bonds. The fourth-order valence-corrected chi connectivity index (χ4v) is 1.49. The highest BCUT2D eigenvalue weighted by molar-refractivity contribution is 5.73. The summed E-state index contributed by atoms with van der Waals surface area (Å²) in [7, 11) is 0. The average Bonchev–Trinajstić information content (AvgIpc) is 2.41. The van der Waals surface area contributed by atoms with Gasteiger partial charge in [0.15, 0.2) is 0 Å². The lowest BCUT2D eigenvalue weighted by atomic mass is 10.1. The van der Waals surface area contributed by atoms with Crippen LogP contribution in [0.1, 0.15) is 11.1 Å². The fraction of sp³-hybridized carbons (Fsp3) is 0.188. The van der Waals surface area contributed by atoms with Crippen LogP contribution in [0.25, 0.3) is 0 Å². The van der Waals surface area contributed by atoms with E-state index in [2.05, 4.69) is 19.1 Å². The molecule has 0 heterocycles. The van der Waals surface area contributed by atoms with Crippen molar-refractivity contribution in [2.24, 2.45) is 5.73 Å². The molecule has 0 bridgehead atoms. The zero-order chi connectivity index (χ0) is 14.1. The van der Waals surface area contributed by atoms with Gasteiger partial charge in [-0.3, -0.25) is 4.79 Å². The molecule has 0 aromatic heterocycles. The number of aliphatic carboxylic acids is 1. The van der Waals surface area contributed by atoms with E-state index in [9.17, 15) is 4.79 Å². The first-order chi connectivity index (χ1) is 9.09. The summed E-state index contributed by atoms with van der Waals surface area (Å²) < 4.78 is 0. The Labute approximate surface area is 113 Å². The van der Waals surface area contributed by atoms with E-state index >= 15 is 0 Å². The van der Waals surface area contributed by atoms with Gasteiger partial charge in [-0.2, -0.15) is 0 Å². The maximum absolute atomic E-state index is 10.4. The number of carboxylic acid groups (broad SMARTS) is 1. The van der Waals surface area contributed by atoms with Crippen LogP contribution in [0.5, 0.6) is 0 Å². The van der Waals surface area contributed by atoms with E-state index in [0.717, 1.165) is 5.56 Å². The van der Waals surface area contributed by atoms with Crippen molar-refractivity contribution < 1.29 is 9.90 Å². The number of nitrogens with two attached hydrogens (primary N) is 1. The Morgan fingerprint density at radius 1 is 1.05 bits per heavy atom. The molecule has 0 aliphatic carbocycles. The van der Waals surface area contributed by atoms with Crippen LogP contribution in [0.15, 0.2) is 60.7 Å². The lowest BCUT2D eigenvalue weighted by molar-refractivity contribution is -0.138. The summed E-state index contributed by atoms with van der Waals surface area (Å²) in [6.45, 7) is 2.08. The fourth-order valence-electron chi connectivity index (χ4n) is 1.49. The monoisotopic (exact) mass is 257 g/mol. The van der Waals surface area contributed by atoms with Gasteiger partial charge < -0.3 is 10.8 Å². The maximum atomic E-state index is 10.4. The number of hydrogen-bond acceptors (Lipinski definition) is 2. The van der Waals surface area contributed by atoms with Crippen molar-refractivity contribution >= 4 is 5.97 Å². The van der Waals surface area contributed by atoms with Crippen LogP contribution in [-0.2, 0) is 11.2 Å². The van der Waals surface area contributed by atoms with E-state index in [0.29, 0.717) is 6.42 Å². The maximum Gasteiger partial charge on any atom is 0.320 e. The quantitative estimate of drug-likeness (QED) is 0.888. The lowest BCUT2D eigenvalue weighted by Gasteiger charge is -2.04. The Bertz CT molecular complexity index is 483. The van der Waals surface area contributed by atoms with Crippen LogP contribution in [0.3, 0.4) is 0 Å². The molecule has 100 valence electrons. The third-order valence-corrected chi connectivity index (χ3v) is 2.56. The Hall–Kier alpha value is -2.13. The first-order valence-electron chi connectivity index (χ1n) is 6.13. The summed E-state index contributed by atoms with van der Waals surface area (Å²) in [5, 5.41) is 8.52. The largest absolute Gasteiger partial charge is 0.480 e. The minimum Gasteiger partial charge on any atom is -0.480 e. The molecule has 0 aliphatic rings. The molecule has 0 radical (unpaired) electrons. The van der Waals surface area contributed by atoms with Crippen LogP contribution in [0, 0.1) is 6.92 Å². The predicted molar refractivity (Wildman–Crippen MR) is 76.9 cm³/mol. The lowest BCUT2D eigenvalue weighted by Crippen LogP contribution is -2.32. The van der Waals surface area contributed by atoms with E-state index in [1.54, 1.807) is 0 Å². The second-order valence-corrected chi connectivity index (χ2v) is 4.29. The average molecular weight is 257 g/mol. The zero-order valence-electron chi connectivity index (χ0n) is 11.0. The molecular formula is C16H19NO2. The number of benzene rings is 2. The van der Waals surface area contributed by atoms with Gasteiger partial charge in [0.2, 0.25) is 0 Å². The standard InChI is InChI=1S/C9H11NO2.C7H8/c10-8(9(11)12)6-7-4-2-1-3-5-7;1-7-5-3-2-4-6-7/h1-5,8H,6,10H2,(H,11,12);2-6H,1H3. The van der Waals surface area contributed by atoms with E-state index in [4.69, 9.17) is 10.8 Å². The molecule has 2 aromatic rings. The molecule has 0 saturated heterocycles. The summed E-state index contributed by atoms with van der Waals surface area (Å²) in [6.07, 6.45) is 0.385. The second kappa shape index (κ2) is 8.06. The molecule has 0 aliphatic heterocycles. The highest BCUT2D eigenvalue weighted by Crippen LogP contribution is 2.01. The third kappa shape index (κ3) is 6.38. The van der Waals surface area contributed by atoms with Crippen LogP contribution < -0.4 is 5.73 Å². The predicted octanol–water partition coefficient (Wildman–Crippen LogP) is 2.64. The van der Waals surface area contributed by atoms with E-state index < -0.39 is 12.0 Å². The van der Waals surface area contributed by atoms with Crippen molar-refractivity contribution in [1.29, 1.82) is 0 Å². The SMILES string of the molecule is Cc1ccccc1.NC(Cc1ccccc1)C(=O)O. The van der Waals surface area contributed by atoms with Crippen molar-refractivity contribution in [2.75, 3.05) is 0 Å². The van der Waals surface area contributed by atoms with Gasteiger partial charge in [-0.1, -0.05) is 66.2 Å². The topological polar surface area (TPSA) is 63.3 Å². The molecule has 0 fully saturated rings. The molecule has 2 aromatic carbocycles. The molecule has 0 saturated carbocycles. The van der Waals surface area contributed by atoms with Crippen LogP contribution in [0.2, 0.25) is 0 Å². The van der Waals surface area contributed by atoms with Gasteiger partial charge in [0.25, 0.3) is 0 Å². The number of hydrogen-bond donors (Lipinski definition) is 2. The highest BCUT2D eigenvalue weighted by atomic mass is 16.4. The number of carboxylic acids is 1. The Morgan fingerprint density at radius 2 is 1.53 bits per heavy atom. The third-order valence-electron chi connectivity index (χ3n) is 2.56. The number of rotatable bonds is 3. The highest BCUT2D eigenvalue weighted by Gasteiger charge is 2.10. The normalized spacial score (nSPS) is 11.1. The summed E-state index contributed by atoms with van der Waals surface area (Å²) in [4.78, 5) is 10.4. The molecule has 1 atom stereocenters. The van der Waals surface area contributed by atoms with Gasteiger partial charge in [0, 0.05) is 0 Å². The Balaban J connectivity index is 0.000000218. The zero-order valence-corrected chi connectivity index (χ0v) is 11.0. The van der Waals surface area contributed by atoms with E-state index in [-0.39, 0.29) is 0 Å². The Kier molecular flexibility index (Phi) is 6.33. The molecule has 1 unspecified atom stereocenters. The van der Waals surface area contributed by atoms with Crippen molar-refractivity contribution in [1.82, 2.24) is 0 Å². The van der Waals surface area contributed by atoms with Gasteiger partial charge in [-0.25, -0.2) is 0 Å². The van der Waals surface area contributed by atoms with Crippen LogP contribution in [-0.4, -0.2) is 17.1 Å². The van der Waals surface area contributed by atoms with Gasteiger partial charge in [0.05, 0.1) is 0 Å². The van der Waals surface area contributed by atoms with Gasteiger partial charge in [-0.15, -0.1) is 0 Å². The summed E-state index contributed by atoms with van der Waals surface area (Å²) in [5.41, 5.74) is 7.62. The summed E-state index contributed by atoms with van der Waals surface area (Å²) >= 11 is 0. The molecule has 3 N–H and O–H groups in total. The molecule has 0 spiro atoms. The van der Waals surface area contributed by atoms with Crippen LogP contribution in [0.4, 0.5) is 0 Å². The van der Waals surface area contributed by atoms with Gasteiger partial charge in [0.1, 0.15) is 6.04 Å². The first-order valence-corrected chi connectivity index (χ1v) is 6.13. The van der Waals surface area contributed by atoms with E-state index in [1.807, 2.05) is 48.5 Å². The smallest absolute Gasteiger partial charge is 0.320 e. The summed E-state index contributed by atoms with van der Waals surface area (Å²) in [5.74, 6) is -0.959. The molecule has 3 heteroatoms. The minimum atomic E-state index is -0.959. The van der Waals surface area contributed by atoms with Crippen LogP contribution >= 0.6 is 0 Å². The number of carbonyl (C=O) groups is 1. The molecule has 2 rings (SSSR count). The van der Waals surface area contributed by atoms with Crippen molar-refractivity contribution in [3.63, 3.8) is 0 Å². The molecular weight excluding hydrogens is 238 g/mol. The van der Waals surface area contributed by atoms with Gasteiger partial charge >= 0.3 is 5.97 Å². The summed E-state index contributed by atoms with van der Waals surface area (Å²) in [6, 6.07) is 18.8. The number of aryl methyl sites for hydroxylation is 1.